The van der Waals surface area contributed by atoms with Crippen molar-refractivity contribution >= 4 is 5.91 Å². The summed E-state index contributed by atoms with van der Waals surface area (Å²) < 4.78 is 5.35. The third kappa shape index (κ3) is 3.70. The summed E-state index contributed by atoms with van der Waals surface area (Å²) in [5, 5.41) is 3.03. The van der Waals surface area contributed by atoms with Crippen LogP contribution in [0.2, 0.25) is 0 Å². The molecule has 0 aromatic heterocycles. The number of nitrogens with two attached hydrogens (primary N) is 1. The predicted molar refractivity (Wildman–Crippen MR) is 77.0 cm³/mol. The van der Waals surface area contributed by atoms with E-state index >= 15 is 0 Å². The summed E-state index contributed by atoms with van der Waals surface area (Å²) in [5.74, 6) is 0.487. The number of hydrogen-bond donors (Lipinski definition) is 2. The van der Waals surface area contributed by atoms with Crippen LogP contribution in [0.5, 0.6) is 5.75 Å². The molecule has 0 radical (unpaired) electrons. The Labute approximate surface area is 115 Å². The molecule has 3 N–H and O–H groups in total. The summed E-state index contributed by atoms with van der Waals surface area (Å²) >= 11 is 0. The summed E-state index contributed by atoms with van der Waals surface area (Å²) in [6.07, 6.45) is 0. The molecular formula is C15H24N2O2. The largest absolute Gasteiger partial charge is 0.496 e. The van der Waals surface area contributed by atoms with E-state index in [0.717, 1.165) is 11.3 Å². The number of rotatable bonds is 5. The van der Waals surface area contributed by atoms with E-state index in [-0.39, 0.29) is 17.9 Å². The van der Waals surface area contributed by atoms with Gasteiger partial charge in [-0.15, -0.1) is 0 Å². The number of carbonyl (C=O) groups excluding carboxylic acids is 1. The fourth-order valence-corrected chi connectivity index (χ4v) is 1.89. The molecule has 0 aliphatic rings. The lowest BCUT2D eigenvalue weighted by molar-refractivity contribution is -0.126. The molecule has 1 amide bonds. The van der Waals surface area contributed by atoms with Crippen molar-refractivity contribution in [1.82, 2.24) is 5.32 Å². The lowest BCUT2D eigenvalue weighted by atomic mass is 9.91. The Morgan fingerprint density at radius 2 is 1.89 bits per heavy atom. The Bertz CT molecular complexity index is 442. The third-order valence-corrected chi connectivity index (χ3v) is 3.42. The molecule has 1 aromatic rings. The van der Waals surface area contributed by atoms with Gasteiger partial charge in [-0.1, -0.05) is 25.1 Å². The van der Waals surface area contributed by atoms with Gasteiger partial charge in [0, 0.05) is 17.5 Å². The summed E-state index contributed by atoms with van der Waals surface area (Å²) in [4.78, 5) is 12.1. The number of amides is 1. The van der Waals surface area contributed by atoms with Gasteiger partial charge in [0.05, 0.1) is 12.6 Å². The summed E-state index contributed by atoms with van der Waals surface area (Å²) in [5.41, 5.74) is 6.20. The fraction of sp³-hybridized carbons (Fsp3) is 0.533. The molecular weight excluding hydrogens is 240 g/mol. The van der Waals surface area contributed by atoms with E-state index in [0.29, 0.717) is 0 Å². The minimum atomic E-state index is -0.507. The van der Waals surface area contributed by atoms with Crippen LogP contribution >= 0.6 is 0 Å². The van der Waals surface area contributed by atoms with Crippen LogP contribution in [0.25, 0.3) is 0 Å². The molecule has 0 heterocycles. The molecule has 0 saturated carbocycles. The van der Waals surface area contributed by atoms with E-state index in [1.165, 1.54) is 0 Å². The van der Waals surface area contributed by atoms with Crippen molar-refractivity contribution in [3.05, 3.63) is 29.8 Å². The smallest absolute Gasteiger partial charge is 0.225 e. The molecule has 0 aliphatic heterocycles. The molecule has 0 aliphatic carbocycles. The Balaban J connectivity index is 2.95. The molecule has 0 saturated heterocycles. The minimum absolute atomic E-state index is 0.0501. The van der Waals surface area contributed by atoms with Crippen molar-refractivity contribution < 1.29 is 9.53 Å². The molecule has 0 fully saturated rings. The molecule has 0 spiro atoms. The van der Waals surface area contributed by atoms with Gasteiger partial charge in [0.2, 0.25) is 5.91 Å². The normalized spacial score (nSPS) is 14.6. The predicted octanol–water partition coefficient (Wildman–Crippen LogP) is 2.03. The third-order valence-electron chi connectivity index (χ3n) is 3.42. The SMILES string of the molecule is COc1ccccc1C(C)(C)NC(=O)C(C)C(C)N. The Kier molecular flexibility index (Phi) is 4.95. The van der Waals surface area contributed by atoms with Crippen LogP contribution < -0.4 is 15.8 Å². The second kappa shape index (κ2) is 6.06. The van der Waals surface area contributed by atoms with Crippen LogP contribution in [0.1, 0.15) is 33.3 Å². The zero-order valence-corrected chi connectivity index (χ0v) is 12.4. The van der Waals surface area contributed by atoms with Gasteiger partial charge in [-0.3, -0.25) is 4.79 Å². The quantitative estimate of drug-likeness (QED) is 0.855. The van der Waals surface area contributed by atoms with Gasteiger partial charge in [0.1, 0.15) is 5.75 Å². The molecule has 0 bridgehead atoms. The van der Waals surface area contributed by atoms with Gasteiger partial charge in [-0.25, -0.2) is 0 Å². The molecule has 106 valence electrons. The van der Waals surface area contributed by atoms with Crippen molar-refractivity contribution in [2.24, 2.45) is 11.7 Å². The monoisotopic (exact) mass is 264 g/mol. The first-order valence-corrected chi connectivity index (χ1v) is 6.50. The van der Waals surface area contributed by atoms with Crippen LogP contribution in [0.3, 0.4) is 0 Å². The van der Waals surface area contributed by atoms with Crippen LogP contribution in [0.15, 0.2) is 24.3 Å². The highest BCUT2D eigenvalue weighted by molar-refractivity contribution is 5.80. The van der Waals surface area contributed by atoms with Crippen LogP contribution in [0, 0.1) is 5.92 Å². The number of hydrogen-bond acceptors (Lipinski definition) is 3. The first kappa shape index (κ1) is 15.5. The van der Waals surface area contributed by atoms with E-state index < -0.39 is 5.54 Å². The van der Waals surface area contributed by atoms with Gasteiger partial charge < -0.3 is 15.8 Å². The lowest BCUT2D eigenvalue weighted by Crippen LogP contribution is -2.47. The highest BCUT2D eigenvalue weighted by Crippen LogP contribution is 2.29. The average Bonchev–Trinajstić information content (AvgIpc) is 2.37. The van der Waals surface area contributed by atoms with Gasteiger partial charge in [0.25, 0.3) is 0 Å². The highest BCUT2D eigenvalue weighted by Gasteiger charge is 2.28. The molecule has 1 aromatic carbocycles. The number of nitrogens with one attached hydrogen (secondary N) is 1. The first-order chi connectivity index (χ1) is 8.79. The summed E-state index contributed by atoms with van der Waals surface area (Å²) in [6, 6.07) is 7.51. The summed E-state index contributed by atoms with van der Waals surface area (Å²) in [6.45, 7) is 7.58. The second-order valence-electron chi connectivity index (χ2n) is 5.46. The average molecular weight is 264 g/mol. The topological polar surface area (TPSA) is 64.3 Å². The van der Waals surface area contributed by atoms with E-state index in [2.05, 4.69) is 5.32 Å². The molecule has 1 rings (SSSR count). The van der Waals surface area contributed by atoms with Crippen molar-refractivity contribution in [2.75, 3.05) is 7.11 Å². The van der Waals surface area contributed by atoms with Gasteiger partial charge >= 0.3 is 0 Å². The number of benzene rings is 1. The molecule has 2 atom stereocenters. The van der Waals surface area contributed by atoms with E-state index in [4.69, 9.17) is 10.5 Å². The maximum Gasteiger partial charge on any atom is 0.225 e. The Morgan fingerprint density at radius 1 is 1.32 bits per heavy atom. The maximum atomic E-state index is 12.1. The van der Waals surface area contributed by atoms with Crippen molar-refractivity contribution in [1.29, 1.82) is 0 Å². The van der Waals surface area contributed by atoms with Crippen molar-refractivity contribution in [3.8, 4) is 5.75 Å². The lowest BCUT2D eigenvalue weighted by Gasteiger charge is -2.30. The number of methoxy groups -OCH3 is 1. The highest BCUT2D eigenvalue weighted by atomic mass is 16.5. The summed E-state index contributed by atoms with van der Waals surface area (Å²) in [7, 11) is 1.63. The van der Waals surface area contributed by atoms with E-state index in [1.54, 1.807) is 7.11 Å². The fourth-order valence-electron chi connectivity index (χ4n) is 1.89. The molecule has 4 heteroatoms. The standard InChI is InChI=1S/C15H24N2O2/c1-10(11(2)16)14(18)17-15(3,4)12-8-6-7-9-13(12)19-5/h6-11H,16H2,1-5H3,(H,17,18). The molecule has 2 unspecified atom stereocenters. The number of para-hydroxylation sites is 1. The van der Waals surface area contributed by atoms with E-state index in [9.17, 15) is 4.79 Å². The minimum Gasteiger partial charge on any atom is -0.496 e. The van der Waals surface area contributed by atoms with Crippen molar-refractivity contribution in [2.45, 2.75) is 39.3 Å². The zero-order chi connectivity index (χ0) is 14.6. The maximum absolute atomic E-state index is 12.1. The molecule has 4 nitrogen and oxygen atoms in total. The zero-order valence-electron chi connectivity index (χ0n) is 12.4. The number of carbonyl (C=O) groups is 1. The number of ether oxygens (including phenoxy) is 1. The van der Waals surface area contributed by atoms with Crippen LogP contribution in [-0.2, 0) is 10.3 Å². The van der Waals surface area contributed by atoms with Gasteiger partial charge in [0.15, 0.2) is 0 Å². The van der Waals surface area contributed by atoms with E-state index in [1.807, 2.05) is 52.0 Å². The Hall–Kier alpha value is -1.55. The van der Waals surface area contributed by atoms with Gasteiger partial charge in [-0.05, 0) is 26.8 Å². The second-order valence-corrected chi connectivity index (χ2v) is 5.46. The van der Waals surface area contributed by atoms with Crippen LogP contribution in [0.4, 0.5) is 0 Å². The van der Waals surface area contributed by atoms with Crippen LogP contribution in [-0.4, -0.2) is 19.1 Å². The van der Waals surface area contributed by atoms with Crippen molar-refractivity contribution in [3.63, 3.8) is 0 Å². The first-order valence-electron chi connectivity index (χ1n) is 6.50. The molecule has 19 heavy (non-hydrogen) atoms. The van der Waals surface area contributed by atoms with Gasteiger partial charge in [-0.2, -0.15) is 0 Å². The Morgan fingerprint density at radius 3 is 2.42 bits per heavy atom.